The Hall–Kier alpha value is -1.10. The van der Waals surface area contributed by atoms with Gasteiger partial charge in [0.25, 0.3) is 0 Å². The van der Waals surface area contributed by atoms with Crippen LogP contribution in [0.25, 0.3) is 0 Å². The minimum absolute atomic E-state index is 0.250. The molecule has 1 heterocycles. The summed E-state index contributed by atoms with van der Waals surface area (Å²) in [5.74, 6) is -0.250. The number of nitrogens with one attached hydrogen (secondary N) is 1. The Kier molecular flexibility index (Phi) is 5.40. The van der Waals surface area contributed by atoms with E-state index in [1.807, 2.05) is 6.07 Å². The molecule has 106 valence electrons. The Morgan fingerprint density at radius 3 is 2.80 bits per heavy atom. The van der Waals surface area contributed by atoms with Crippen LogP contribution in [0.3, 0.4) is 0 Å². The fourth-order valence-corrected chi connectivity index (χ4v) is 2.63. The third-order valence-corrected chi connectivity index (χ3v) is 4.13. The molecule has 0 radical (unpaired) electrons. The highest BCUT2D eigenvalue weighted by molar-refractivity contribution is 7.99. The molecule has 0 fully saturated rings. The summed E-state index contributed by atoms with van der Waals surface area (Å²) in [6.07, 6.45) is 1.65. The number of pyridine rings is 1. The van der Waals surface area contributed by atoms with Crippen LogP contribution < -0.4 is 5.32 Å². The van der Waals surface area contributed by atoms with E-state index in [1.54, 1.807) is 30.5 Å². The predicted molar refractivity (Wildman–Crippen MR) is 81.7 cm³/mol. The monoisotopic (exact) mass is 310 g/mol. The van der Waals surface area contributed by atoms with Gasteiger partial charge in [-0.3, -0.25) is 0 Å². The van der Waals surface area contributed by atoms with Crippen molar-refractivity contribution in [3.63, 3.8) is 0 Å². The van der Waals surface area contributed by atoms with Gasteiger partial charge in [-0.15, -0.1) is 0 Å². The average Bonchev–Trinajstić information content (AvgIpc) is 2.41. The molecule has 1 aromatic carbocycles. The molecule has 2 rings (SSSR count). The van der Waals surface area contributed by atoms with Crippen LogP contribution in [0.4, 0.5) is 4.39 Å². The first-order valence-electron chi connectivity index (χ1n) is 6.36. The average molecular weight is 311 g/mol. The van der Waals surface area contributed by atoms with Gasteiger partial charge in [0.15, 0.2) is 0 Å². The number of aromatic nitrogens is 1. The highest BCUT2D eigenvalue weighted by Crippen LogP contribution is 2.33. The van der Waals surface area contributed by atoms with E-state index in [0.717, 1.165) is 5.56 Å². The molecular weight excluding hydrogens is 295 g/mol. The van der Waals surface area contributed by atoms with Crippen molar-refractivity contribution in [3.8, 4) is 0 Å². The summed E-state index contributed by atoms with van der Waals surface area (Å²) in [6.45, 7) is 4.77. The number of rotatable bonds is 5. The van der Waals surface area contributed by atoms with Gasteiger partial charge in [0.1, 0.15) is 10.8 Å². The third kappa shape index (κ3) is 4.20. The van der Waals surface area contributed by atoms with E-state index in [0.29, 0.717) is 27.5 Å². The second-order valence-electron chi connectivity index (χ2n) is 4.69. The predicted octanol–water partition coefficient (Wildman–Crippen LogP) is 4.52. The van der Waals surface area contributed by atoms with Crippen molar-refractivity contribution in [1.82, 2.24) is 10.3 Å². The molecule has 0 spiro atoms. The molecule has 0 amide bonds. The molecule has 2 nitrogen and oxygen atoms in total. The number of halogens is 2. The Morgan fingerprint density at radius 2 is 2.15 bits per heavy atom. The van der Waals surface area contributed by atoms with Crippen molar-refractivity contribution in [3.05, 3.63) is 52.9 Å². The largest absolute Gasteiger partial charge is 0.310 e. The van der Waals surface area contributed by atoms with E-state index in [9.17, 15) is 4.39 Å². The fourth-order valence-electron chi connectivity index (χ4n) is 1.61. The number of benzene rings is 1. The van der Waals surface area contributed by atoms with E-state index in [-0.39, 0.29) is 5.82 Å². The summed E-state index contributed by atoms with van der Waals surface area (Å²) in [5, 5.41) is 4.40. The maximum atomic E-state index is 14.1. The van der Waals surface area contributed by atoms with E-state index in [1.165, 1.54) is 11.8 Å². The van der Waals surface area contributed by atoms with Crippen LogP contribution >= 0.6 is 23.4 Å². The number of nitrogens with zero attached hydrogens (tertiary/aromatic N) is 1. The lowest BCUT2D eigenvalue weighted by atomic mass is 10.2. The van der Waals surface area contributed by atoms with Gasteiger partial charge in [0.05, 0.1) is 5.02 Å². The zero-order chi connectivity index (χ0) is 14.5. The first kappa shape index (κ1) is 15.3. The Labute approximate surface area is 127 Å². The summed E-state index contributed by atoms with van der Waals surface area (Å²) in [6, 6.07) is 9.10. The lowest BCUT2D eigenvalue weighted by molar-refractivity contribution is 0.574. The molecule has 0 saturated carbocycles. The van der Waals surface area contributed by atoms with Gasteiger partial charge in [-0.25, -0.2) is 9.37 Å². The zero-order valence-electron chi connectivity index (χ0n) is 11.4. The second-order valence-corrected chi connectivity index (χ2v) is 6.13. The van der Waals surface area contributed by atoms with Crippen molar-refractivity contribution in [2.45, 2.75) is 36.4 Å². The van der Waals surface area contributed by atoms with Crippen molar-refractivity contribution in [2.24, 2.45) is 0 Å². The molecule has 0 saturated heterocycles. The molecule has 20 heavy (non-hydrogen) atoms. The van der Waals surface area contributed by atoms with E-state index < -0.39 is 0 Å². The van der Waals surface area contributed by atoms with Crippen LogP contribution in [0.2, 0.25) is 5.02 Å². The molecule has 0 bridgehead atoms. The molecule has 5 heteroatoms. The summed E-state index contributed by atoms with van der Waals surface area (Å²) >= 11 is 7.26. The normalized spacial score (nSPS) is 11.1. The van der Waals surface area contributed by atoms with Crippen molar-refractivity contribution in [1.29, 1.82) is 0 Å². The summed E-state index contributed by atoms with van der Waals surface area (Å²) < 4.78 is 14.1. The molecule has 1 N–H and O–H groups in total. The molecule has 2 aromatic rings. The van der Waals surface area contributed by atoms with Gasteiger partial charge < -0.3 is 5.32 Å². The van der Waals surface area contributed by atoms with Crippen LogP contribution in [-0.2, 0) is 6.54 Å². The molecule has 0 aliphatic carbocycles. The maximum absolute atomic E-state index is 14.1. The van der Waals surface area contributed by atoms with E-state index in [4.69, 9.17) is 11.6 Å². The highest BCUT2D eigenvalue weighted by atomic mass is 35.5. The van der Waals surface area contributed by atoms with Crippen LogP contribution in [-0.4, -0.2) is 11.0 Å². The SMILES string of the molecule is CC(C)NCc1ccc(Sc2ncccc2Cl)c(F)c1. The van der Waals surface area contributed by atoms with Gasteiger partial charge in [0.2, 0.25) is 0 Å². The summed E-state index contributed by atoms with van der Waals surface area (Å²) in [4.78, 5) is 4.68. The summed E-state index contributed by atoms with van der Waals surface area (Å²) in [5.41, 5.74) is 0.924. The standard InChI is InChI=1S/C15H16ClFN2S/c1-10(2)19-9-11-5-6-14(13(17)8-11)20-15-12(16)4-3-7-18-15/h3-8,10,19H,9H2,1-2H3. The van der Waals surface area contributed by atoms with Gasteiger partial charge in [-0.2, -0.15) is 0 Å². The van der Waals surface area contributed by atoms with Crippen LogP contribution in [0.1, 0.15) is 19.4 Å². The van der Waals surface area contributed by atoms with Crippen molar-refractivity contribution < 1.29 is 4.39 Å². The first-order chi connectivity index (χ1) is 9.56. The smallest absolute Gasteiger partial charge is 0.137 e. The second kappa shape index (κ2) is 7.07. The van der Waals surface area contributed by atoms with Gasteiger partial charge in [0, 0.05) is 23.7 Å². The minimum Gasteiger partial charge on any atom is -0.310 e. The molecule has 0 aliphatic rings. The van der Waals surface area contributed by atoms with E-state index in [2.05, 4.69) is 24.1 Å². The Morgan fingerprint density at radius 1 is 1.35 bits per heavy atom. The van der Waals surface area contributed by atoms with E-state index >= 15 is 0 Å². The van der Waals surface area contributed by atoms with Gasteiger partial charge in [-0.1, -0.05) is 43.3 Å². The topological polar surface area (TPSA) is 24.9 Å². The van der Waals surface area contributed by atoms with Crippen LogP contribution in [0.15, 0.2) is 46.5 Å². The molecule has 0 atom stereocenters. The number of hydrogen-bond donors (Lipinski definition) is 1. The molecule has 1 aromatic heterocycles. The minimum atomic E-state index is -0.250. The molecule has 0 unspecified atom stereocenters. The maximum Gasteiger partial charge on any atom is 0.137 e. The summed E-state index contributed by atoms with van der Waals surface area (Å²) in [7, 11) is 0. The third-order valence-electron chi connectivity index (χ3n) is 2.64. The van der Waals surface area contributed by atoms with Gasteiger partial charge in [-0.05, 0) is 29.8 Å². The lowest BCUT2D eigenvalue weighted by Crippen LogP contribution is -2.21. The molecular formula is C15H16ClFN2S. The van der Waals surface area contributed by atoms with Gasteiger partial charge >= 0.3 is 0 Å². The molecule has 0 aliphatic heterocycles. The van der Waals surface area contributed by atoms with Crippen LogP contribution in [0, 0.1) is 5.82 Å². The quantitative estimate of drug-likeness (QED) is 0.878. The fraction of sp³-hybridized carbons (Fsp3) is 0.267. The lowest BCUT2D eigenvalue weighted by Gasteiger charge is -2.09. The van der Waals surface area contributed by atoms with Crippen molar-refractivity contribution in [2.75, 3.05) is 0 Å². The Balaban J connectivity index is 2.12. The first-order valence-corrected chi connectivity index (χ1v) is 7.56. The number of hydrogen-bond acceptors (Lipinski definition) is 3. The van der Waals surface area contributed by atoms with Crippen molar-refractivity contribution >= 4 is 23.4 Å². The highest BCUT2D eigenvalue weighted by Gasteiger charge is 2.09. The zero-order valence-corrected chi connectivity index (χ0v) is 12.9. The Bertz CT molecular complexity index is 590. The van der Waals surface area contributed by atoms with Crippen LogP contribution in [0.5, 0.6) is 0 Å².